The van der Waals surface area contributed by atoms with E-state index in [0.717, 1.165) is 23.3 Å². The number of benzene rings is 2. The van der Waals surface area contributed by atoms with Gasteiger partial charge in [-0.25, -0.2) is 0 Å². The van der Waals surface area contributed by atoms with Crippen molar-refractivity contribution in [1.29, 1.82) is 0 Å². The number of alkyl halides is 1. The Bertz CT molecular complexity index is 612. The summed E-state index contributed by atoms with van der Waals surface area (Å²) >= 11 is 9.93. The molecule has 2 aromatic carbocycles. The predicted octanol–water partition coefficient (Wildman–Crippen LogP) is 5.71. The smallest absolute Gasteiger partial charge is 0.0467 e. The molecule has 20 heavy (non-hydrogen) atoms. The van der Waals surface area contributed by atoms with Gasteiger partial charge in [0, 0.05) is 33.8 Å². The largest absolute Gasteiger partial charge is 0.341 e. The minimum absolute atomic E-state index is 0.778. The van der Waals surface area contributed by atoms with Crippen LogP contribution in [0, 0.1) is 0 Å². The molecule has 0 unspecified atom stereocenters. The van der Waals surface area contributed by atoms with Gasteiger partial charge >= 0.3 is 0 Å². The topological polar surface area (TPSA) is 3.24 Å². The van der Waals surface area contributed by atoms with Crippen LogP contribution in [0.1, 0.15) is 24.0 Å². The third-order valence-electron chi connectivity index (χ3n) is 3.88. The number of halogens is 2. The number of fused-ring (bicyclic) bond motifs is 1. The Morgan fingerprint density at radius 1 is 1.00 bits per heavy atom. The zero-order valence-electron chi connectivity index (χ0n) is 11.3. The Hall–Kier alpha value is -0.990. The molecule has 3 rings (SSSR count). The molecule has 0 radical (unpaired) electrons. The van der Waals surface area contributed by atoms with Crippen LogP contribution in [-0.4, -0.2) is 6.54 Å². The van der Waals surface area contributed by atoms with Crippen LogP contribution in [-0.2, 0) is 11.8 Å². The van der Waals surface area contributed by atoms with Crippen molar-refractivity contribution >= 4 is 38.9 Å². The van der Waals surface area contributed by atoms with Crippen molar-refractivity contribution in [1.82, 2.24) is 0 Å². The Labute approximate surface area is 133 Å². The lowest BCUT2D eigenvalue weighted by Gasteiger charge is -2.27. The van der Waals surface area contributed by atoms with E-state index in [9.17, 15) is 0 Å². The minimum Gasteiger partial charge on any atom is -0.341 e. The first-order valence-corrected chi connectivity index (χ1v) is 8.50. The molecule has 0 N–H and O–H groups in total. The molecule has 2 aromatic rings. The molecule has 1 aliphatic rings. The first kappa shape index (κ1) is 14.0. The molecule has 0 amide bonds. The van der Waals surface area contributed by atoms with E-state index in [0.29, 0.717) is 0 Å². The van der Waals surface area contributed by atoms with Crippen LogP contribution in [0.5, 0.6) is 0 Å². The van der Waals surface area contributed by atoms with Gasteiger partial charge in [-0.1, -0.05) is 51.8 Å². The van der Waals surface area contributed by atoms with E-state index in [1.807, 2.05) is 12.1 Å². The summed E-state index contributed by atoms with van der Waals surface area (Å²) in [5.41, 5.74) is 5.16. The number of para-hydroxylation sites is 1. The molecule has 104 valence electrons. The van der Waals surface area contributed by atoms with Crippen molar-refractivity contribution in [2.45, 2.75) is 24.6 Å². The normalized spacial score (nSPS) is 14.8. The monoisotopic (exact) mass is 349 g/mol. The average molecular weight is 351 g/mol. The van der Waals surface area contributed by atoms with Crippen LogP contribution in [0.25, 0.3) is 0 Å². The van der Waals surface area contributed by atoms with Gasteiger partial charge in [-0.2, -0.15) is 0 Å². The molecule has 0 aliphatic carbocycles. The van der Waals surface area contributed by atoms with Crippen molar-refractivity contribution in [2.24, 2.45) is 0 Å². The summed E-state index contributed by atoms with van der Waals surface area (Å²) in [4.78, 5) is 2.42. The van der Waals surface area contributed by atoms with E-state index >= 15 is 0 Å². The number of nitrogens with zero attached hydrogens (tertiary/aromatic N) is 1. The fraction of sp³-hybridized carbons (Fsp3) is 0.294. The summed E-state index contributed by atoms with van der Waals surface area (Å²) in [6.45, 7) is 1.05. The number of aryl methyl sites for hydroxylation is 1. The quantitative estimate of drug-likeness (QED) is 0.627. The molecular formula is C17H17BrClN. The SMILES string of the molecule is Clc1cccc(N2CCCCc3ccccc32)c1CBr. The van der Waals surface area contributed by atoms with Gasteiger partial charge in [0.2, 0.25) is 0 Å². The van der Waals surface area contributed by atoms with Gasteiger partial charge in [-0.15, -0.1) is 0 Å². The zero-order chi connectivity index (χ0) is 13.9. The van der Waals surface area contributed by atoms with Crippen LogP contribution < -0.4 is 4.90 Å². The van der Waals surface area contributed by atoms with Gasteiger partial charge < -0.3 is 4.90 Å². The van der Waals surface area contributed by atoms with Crippen molar-refractivity contribution in [3.63, 3.8) is 0 Å². The maximum absolute atomic E-state index is 6.36. The summed E-state index contributed by atoms with van der Waals surface area (Å²) < 4.78 is 0. The van der Waals surface area contributed by atoms with Crippen LogP contribution >= 0.6 is 27.5 Å². The van der Waals surface area contributed by atoms with Gasteiger partial charge in [0.1, 0.15) is 0 Å². The lowest BCUT2D eigenvalue weighted by atomic mass is 10.1. The number of hydrogen-bond acceptors (Lipinski definition) is 1. The lowest BCUT2D eigenvalue weighted by molar-refractivity contribution is 0.760. The third kappa shape index (κ3) is 2.59. The van der Waals surface area contributed by atoms with Gasteiger partial charge in [0.15, 0.2) is 0 Å². The molecule has 0 fully saturated rings. The fourth-order valence-electron chi connectivity index (χ4n) is 2.87. The molecule has 0 saturated heterocycles. The molecule has 0 bridgehead atoms. The second-order valence-corrected chi connectivity index (χ2v) is 6.08. The van der Waals surface area contributed by atoms with Crippen LogP contribution in [0.4, 0.5) is 11.4 Å². The van der Waals surface area contributed by atoms with Gasteiger partial charge in [0.25, 0.3) is 0 Å². The molecule has 3 heteroatoms. The predicted molar refractivity (Wildman–Crippen MR) is 90.5 cm³/mol. The van der Waals surface area contributed by atoms with E-state index in [2.05, 4.69) is 51.2 Å². The Morgan fingerprint density at radius 3 is 2.65 bits per heavy atom. The molecule has 1 heterocycles. The van der Waals surface area contributed by atoms with Gasteiger partial charge in [0.05, 0.1) is 0 Å². The van der Waals surface area contributed by atoms with Crippen LogP contribution in [0.3, 0.4) is 0 Å². The highest BCUT2D eigenvalue weighted by Gasteiger charge is 2.19. The highest BCUT2D eigenvalue weighted by molar-refractivity contribution is 9.08. The Kier molecular flexibility index (Phi) is 4.32. The van der Waals surface area contributed by atoms with E-state index in [-0.39, 0.29) is 0 Å². The number of anilines is 2. The maximum Gasteiger partial charge on any atom is 0.0467 e. The highest BCUT2D eigenvalue weighted by Crippen LogP contribution is 2.37. The highest BCUT2D eigenvalue weighted by atomic mass is 79.9. The zero-order valence-corrected chi connectivity index (χ0v) is 13.6. The molecule has 0 aromatic heterocycles. The summed E-state index contributed by atoms with van der Waals surface area (Å²) in [6, 6.07) is 14.9. The number of rotatable bonds is 2. The van der Waals surface area contributed by atoms with Crippen LogP contribution in [0.2, 0.25) is 5.02 Å². The van der Waals surface area contributed by atoms with E-state index in [1.165, 1.54) is 35.3 Å². The van der Waals surface area contributed by atoms with Crippen molar-refractivity contribution in [2.75, 3.05) is 11.4 Å². The Morgan fingerprint density at radius 2 is 1.80 bits per heavy atom. The number of hydrogen-bond donors (Lipinski definition) is 0. The average Bonchev–Trinajstić information content (AvgIpc) is 2.69. The maximum atomic E-state index is 6.36. The van der Waals surface area contributed by atoms with Crippen molar-refractivity contribution in [3.8, 4) is 0 Å². The van der Waals surface area contributed by atoms with E-state index in [4.69, 9.17) is 11.6 Å². The molecule has 0 saturated carbocycles. The molecule has 0 spiro atoms. The standard InChI is InChI=1S/C17H17BrClN/c18-12-14-15(19)8-5-10-17(14)20-11-4-3-7-13-6-1-2-9-16(13)20/h1-2,5-6,8-10H,3-4,7,11-12H2. The summed E-state index contributed by atoms with van der Waals surface area (Å²) in [6.07, 6.45) is 3.62. The van der Waals surface area contributed by atoms with Crippen molar-refractivity contribution in [3.05, 3.63) is 58.6 Å². The second-order valence-electron chi connectivity index (χ2n) is 5.11. The van der Waals surface area contributed by atoms with Gasteiger partial charge in [-0.3, -0.25) is 0 Å². The fourth-order valence-corrected chi connectivity index (χ4v) is 3.86. The molecular weight excluding hydrogens is 334 g/mol. The summed E-state index contributed by atoms with van der Waals surface area (Å²) in [5.74, 6) is 0. The van der Waals surface area contributed by atoms with E-state index in [1.54, 1.807) is 0 Å². The third-order valence-corrected chi connectivity index (χ3v) is 4.79. The van der Waals surface area contributed by atoms with Gasteiger partial charge in [-0.05, 0) is 43.0 Å². The Balaban J connectivity index is 2.12. The lowest BCUT2D eigenvalue weighted by Crippen LogP contribution is -2.19. The second kappa shape index (κ2) is 6.19. The first-order valence-electron chi connectivity index (χ1n) is 7.00. The molecule has 0 atom stereocenters. The molecule has 1 aliphatic heterocycles. The summed E-state index contributed by atoms with van der Waals surface area (Å²) in [5, 5.41) is 1.61. The minimum atomic E-state index is 0.778. The first-order chi connectivity index (χ1) is 9.81. The van der Waals surface area contributed by atoms with Crippen LogP contribution in [0.15, 0.2) is 42.5 Å². The van der Waals surface area contributed by atoms with E-state index < -0.39 is 0 Å². The van der Waals surface area contributed by atoms with Crippen molar-refractivity contribution < 1.29 is 0 Å². The summed E-state index contributed by atoms with van der Waals surface area (Å²) in [7, 11) is 0. The molecule has 1 nitrogen and oxygen atoms in total.